The number of rotatable bonds is 3. The van der Waals surface area contributed by atoms with Crippen molar-refractivity contribution < 1.29 is 9.13 Å². The van der Waals surface area contributed by atoms with Gasteiger partial charge in [-0.15, -0.1) is 0 Å². The van der Waals surface area contributed by atoms with E-state index in [0.29, 0.717) is 11.7 Å². The molecule has 0 bridgehead atoms. The fourth-order valence-corrected chi connectivity index (χ4v) is 2.57. The van der Waals surface area contributed by atoms with Crippen molar-refractivity contribution in [2.24, 2.45) is 5.73 Å². The molecular formula is C14H11FN2OS. The maximum atomic E-state index is 13.8. The molecule has 0 saturated carbocycles. The number of benzene rings is 2. The highest BCUT2D eigenvalue weighted by molar-refractivity contribution is 7.20. The Kier molecular flexibility index (Phi) is 3.15. The SMILES string of the molecule is NCc1ccc(Oc2nc3ccccc3s2)c(F)c1. The first-order valence-electron chi connectivity index (χ1n) is 5.78. The monoisotopic (exact) mass is 274 g/mol. The largest absolute Gasteiger partial charge is 0.428 e. The lowest BCUT2D eigenvalue weighted by Gasteiger charge is -2.04. The molecule has 0 saturated heterocycles. The molecule has 2 aromatic carbocycles. The quantitative estimate of drug-likeness (QED) is 0.792. The molecule has 0 unspecified atom stereocenters. The Labute approximate surface area is 113 Å². The van der Waals surface area contributed by atoms with E-state index in [1.54, 1.807) is 12.1 Å². The molecular weight excluding hydrogens is 263 g/mol. The molecule has 0 atom stereocenters. The van der Waals surface area contributed by atoms with Crippen molar-refractivity contribution in [3.05, 3.63) is 53.8 Å². The van der Waals surface area contributed by atoms with Gasteiger partial charge in [-0.2, -0.15) is 0 Å². The summed E-state index contributed by atoms with van der Waals surface area (Å²) in [4.78, 5) is 4.30. The van der Waals surface area contributed by atoms with Gasteiger partial charge in [-0.3, -0.25) is 0 Å². The first kappa shape index (κ1) is 12.1. The van der Waals surface area contributed by atoms with E-state index in [0.717, 1.165) is 15.8 Å². The average Bonchev–Trinajstić information content (AvgIpc) is 2.83. The molecule has 0 radical (unpaired) electrons. The van der Waals surface area contributed by atoms with E-state index in [9.17, 15) is 4.39 Å². The van der Waals surface area contributed by atoms with Crippen LogP contribution in [0.25, 0.3) is 10.2 Å². The zero-order chi connectivity index (χ0) is 13.2. The van der Waals surface area contributed by atoms with Crippen molar-refractivity contribution in [3.8, 4) is 10.9 Å². The average molecular weight is 274 g/mol. The van der Waals surface area contributed by atoms with Crippen LogP contribution in [-0.2, 0) is 6.54 Å². The van der Waals surface area contributed by atoms with Crippen molar-refractivity contribution in [2.75, 3.05) is 0 Å². The van der Waals surface area contributed by atoms with Crippen LogP contribution < -0.4 is 10.5 Å². The number of para-hydroxylation sites is 1. The van der Waals surface area contributed by atoms with Gasteiger partial charge >= 0.3 is 0 Å². The molecule has 0 amide bonds. The van der Waals surface area contributed by atoms with Crippen molar-refractivity contribution in [1.82, 2.24) is 4.98 Å². The number of fused-ring (bicyclic) bond motifs is 1. The van der Waals surface area contributed by atoms with Crippen LogP contribution in [0.1, 0.15) is 5.56 Å². The van der Waals surface area contributed by atoms with Crippen LogP contribution in [0.5, 0.6) is 10.9 Å². The predicted octanol–water partition coefficient (Wildman–Crippen LogP) is 3.69. The minimum atomic E-state index is -0.429. The maximum absolute atomic E-state index is 13.8. The van der Waals surface area contributed by atoms with Crippen LogP contribution in [0.2, 0.25) is 0 Å². The van der Waals surface area contributed by atoms with Crippen LogP contribution in [0.15, 0.2) is 42.5 Å². The van der Waals surface area contributed by atoms with E-state index in [2.05, 4.69) is 4.98 Å². The van der Waals surface area contributed by atoms with Crippen molar-refractivity contribution in [2.45, 2.75) is 6.54 Å². The Hall–Kier alpha value is -1.98. The zero-order valence-electron chi connectivity index (χ0n) is 9.97. The van der Waals surface area contributed by atoms with Gasteiger partial charge in [0.2, 0.25) is 0 Å². The highest BCUT2D eigenvalue weighted by Crippen LogP contribution is 2.32. The van der Waals surface area contributed by atoms with Gasteiger partial charge in [0.15, 0.2) is 11.6 Å². The fraction of sp³-hybridized carbons (Fsp3) is 0.0714. The van der Waals surface area contributed by atoms with Gasteiger partial charge in [0, 0.05) is 6.54 Å². The second-order valence-corrected chi connectivity index (χ2v) is 5.01. The Morgan fingerprint density at radius 3 is 2.79 bits per heavy atom. The normalized spacial score (nSPS) is 10.8. The van der Waals surface area contributed by atoms with Crippen LogP contribution in [0, 0.1) is 5.82 Å². The molecule has 0 aliphatic rings. The van der Waals surface area contributed by atoms with Crippen LogP contribution in [0.3, 0.4) is 0 Å². The molecule has 0 fully saturated rings. The summed E-state index contributed by atoms with van der Waals surface area (Å²) in [7, 11) is 0. The fourth-order valence-electron chi connectivity index (χ4n) is 1.74. The van der Waals surface area contributed by atoms with E-state index in [1.165, 1.54) is 17.4 Å². The summed E-state index contributed by atoms with van der Waals surface area (Å²) in [5.74, 6) is -0.265. The predicted molar refractivity (Wildman–Crippen MR) is 74.0 cm³/mol. The highest BCUT2D eigenvalue weighted by atomic mass is 32.1. The summed E-state index contributed by atoms with van der Waals surface area (Å²) in [6.45, 7) is 0.304. The zero-order valence-corrected chi connectivity index (χ0v) is 10.8. The van der Waals surface area contributed by atoms with Gasteiger partial charge < -0.3 is 10.5 Å². The van der Waals surface area contributed by atoms with E-state index in [4.69, 9.17) is 10.5 Å². The Morgan fingerprint density at radius 1 is 1.21 bits per heavy atom. The summed E-state index contributed by atoms with van der Waals surface area (Å²) in [6, 6.07) is 12.4. The van der Waals surface area contributed by atoms with Crippen LogP contribution >= 0.6 is 11.3 Å². The van der Waals surface area contributed by atoms with Crippen LogP contribution in [-0.4, -0.2) is 4.98 Å². The van der Waals surface area contributed by atoms with Gasteiger partial charge in [0.25, 0.3) is 5.19 Å². The third-order valence-electron chi connectivity index (χ3n) is 2.70. The number of halogens is 1. The molecule has 96 valence electrons. The summed E-state index contributed by atoms with van der Waals surface area (Å²) in [5.41, 5.74) is 7.03. The molecule has 3 rings (SSSR count). The van der Waals surface area contributed by atoms with Gasteiger partial charge in [-0.05, 0) is 29.8 Å². The van der Waals surface area contributed by atoms with Crippen LogP contribution in [0.4, 0.5) is 4.39 Å². The molecule has 3 aromatic rings. The van der Waals surface area contributed by atoms with Gasteiger partial charge in [0.1, 0.15) is 0 Å². The number of hydrogen-bond acceptors (Lipinski definition) is 4. The summed E-state index contributed by atoms with van der Waals surface area (Å²) < 4.78 is 20.3. The Morgan fingerprint density at radius 2 is 2.05 bits per heavy atom. The number of ether oxygens (including phenoxy) is 1. The number of aromatic nitrogens is 1. The van der Waals surface area contributed by atoms with E-state index in [-0.39, 0.29) is 5.75 Å². The second kappa shape index (κ2) is 4.95. The number of thiazole rings is 1. The summed E-state index contributed by atoms with van der Waals surface area (Å²) in [5, 5.41) is 0.431. The topological polar surface area (TPSA) is 48.1 Å². The molecule has 0 aliphatic heterocycles. The molecule has 3 nitrogen and oxygen atoms in total. The first-order chi connectivity index (χ1) is 9.26. The minimum absolute atomic E-state index is 0.163. The molecule has 0 spiro atoms. The lowest BCUT2D eigenvalue weighted by atomic mass is 10.2. The lowest BCUT2D eigenvalue weighted by molar-refractivity contribution is 0.440. The summed E-state index contributed by atoms with van der Waals surface area (Å²) >= 11 is 1.39. The number of nitrogens with zero attached hydrogens (tertiary/aromatic N) is 1. The van der Waals surface area contributed by atoms with Crippen molar-refractivity contribution in [3.63, 3.8) is 0 Å². The highest BCUT2D eigenvalue weighted by Gasteiger charge is 2.09. The molecule has 2 N–H and O–H groups in total. The molecule has 1 heterocycles. The molecule has 0 aliphatic carbocycles. The number of hydrogen-bond donors (Lipinski definition) is 1. The van der Waals surface area contributed by atoms with E-state index >= 15 is 0 Å². The Bertz CT molecular complexity index is 693. The Balaban J connectivity index is 1.92. The van der Waals surface area contributed by atoms with Crippen molar-refractivity contribution in [1.29, 1.82) is 0 Å². The minimum Gasteiger partial charge on any atom is -0.428 e. The maximum Gasteiger partial charge on any atom is 0.279 e. The third-order valence-corrected chi connectivity index (χ3v) is 3.62. The second-order valence-electron chi connectivity index (χ2n) is 4.02. The molecule has 5 heteroatoms. The standard InChI is InChI=1S/C14H11FN2OS/c15-10-7-9(8-16)5-6-12(10)18-14-17-11-3-1-2-4-13(11)19-14/h1-7H,8,16H2. The van der Waals surface area contributed by atoms with Gasteiger partial charge in [0.05, 0.1) is 10.2 Å². The summed E-state index contributed by atoms with van der Waals surface area (Å²) in [6.07, 6.45) is 0. The number of nitrogens with two attached hydrogens (primary N) is 1. The molecule has 1 aromatic heterocycles. The van der Waals surface area contributed by atoms with Gasteiger partial charge in [-0.25, -0.2) is 9.37 Å². The van der Waals surface area contributed by atoms with E-state index in [1.807, 2.05) is 24.3 Å². The lowest BCUT2D eigenvalue weighted by Crippen LogP contribution is -1.97. The first-order valence-corrected chi connectivity index (χ1v) is 6.60. The molecule has 19 heavy (non-hydrogen) atoms. The third kappa shape index (κ3) is 2.43. The van der Waals surface area contributed by atoms with E-state index < -0.39 is 5.82 Å². The smallest absolute Gasteiger partial charge is 0.279 e. The van der Waals surface area contributed by atoms with Gasteiger partial charge in [-0.1, -0.05) is 29.5 Å². The van der Waals surface area contributed by atoms with Crippen molar-refractivity contribution >= 4 is 21.6 Å².